The lowest BCUT2D eigenvalue weighted by molar-refractivity contribution is -0.902. The third-order valence-electron chi connectivity index (χ3n) is 5.26. The van der Waals surface area contributed by atoms with E-state index in [9.17, 15) is 14.9 Å². The molecule has 124 valence electrons. The van der Waals surface area contributed by atoms with Crippen LogP contribution in [-0.4, -0.2) is 30.5 Å². The van der Waals surface area contributed by atoms with Gasteiger partial charge in [-0.3, -0.25) is 14.9 Å². The number of amides is 1. The smallest absolute Gasteiger partial charge is 0.279 e. The first-order chi connectivity index (χ1) is 11.1. The first kappa shape index (κ1) is 15.9. The molecule has 1 heterocycles. The van der Waals surface area contributed by atoms with Crippen LogP contribution in [0.3, 0.4) is 0 Å². The zero-order valence-corrected chi connectivity index (χ0v) is 13.3. The van der Waals surface area contributed by atoms with Gasteiger partial charge >= 0.3 is 0 Å². The quantitative estimate of drug-likeness (QED) is 0.654. The Bertz CT molecular complexity index is 573. The Balaban J connectivity index is 1.50. The van der Waals surface area contributed by atoms with Crippen LogP contribution >= 0.6 is 0 Å². The molecule has 0 spiro atoms. The number of nitro benzene ring substituents is 1. The molecule has 1 saturated heterocycles. The number of non-ortho nitro benzene ring substituents is 1. The number of anilines is 1. The van der Waals surface area contributed by atoms with Crippen LogP contribution in [0, 0.1) is 22.0 Å². The fourth-order valence-corrected chi connectivity index (χ4v) is 4.05. The number of nitrogens with one attached hydrogen (secondary N) is 2. The maximum Gasteiger partial charge on any atom is 0.279 e. The average molecular weight is 318 g/mol. The number of quaternary nitrogens is 1. The van der Waals surface area contributed by atoms with Gasteiger partial charge in [-0.15, -0.1) is 0 Å². The molecule has 0 radical (unpaired) electrons. The molecule has 0 aromatic heterocycles. The van der Waals surface area contributed by atoms with Gasteiger partial charge in [-0.2, -0.15) is 0 Å². The minimum atomic E-state index is -0.440. The summed E-state index contributed by atoms with van der Waals surface area (Å²) >= 11 is 0. The predicted molar refractivity (Wildman–Crippen MR) is 87.4 cm³/mol. The van der Waals surface area contributed by atoms with Crippen LogP contribution in [0.2, 0.25) is 0 Å². The molecule has 3 rings (SSSR count). The summed E-state index contributed by atoms with van der Waals surface area (Å²) in [5.74, 6) is 1.66. The van der Waals surface area contributed by atoms with Crippen LogP contribution in [0.4, 0.5) is 11.4 Å². The van der Waals surface area contributed by atoms with E-state index in [-0.39, 0.29) is 11.6 Å². The first-order valence-electron chi connectivity index (χ1n) is 8.49. The van der Waals surface area contributed by atoms with E-state index in [2.05, 4.69) is 5.32 Å². The Labute approximate surface area is 136 Å². The van der Waals surface area contributed by atoms with Gasteiger partial charge in [-0.1, -0.05) is 12.8 Å². The van der Waals surface area contributed by atoms with Crippen molar-refractivity contribution in [2.75, 3.05) is 25.0 Å². The molecule has 2 aliphatic rings. The normalized spacial score (nSPS) is 27.0. The second kappa shape index (κ2) is 7.08. The maximum absolute atomic E-state index is 12.2. The van der Waals surface area contributed by atoms with Gasteiger partial charge in [0, 0.05) is 23.7 Å². The van der Waals surface area contributed by atoms with E-state index >= 15 is 0 Å². The van der Waals surface area contributed by atoms with Crippen LogP contribution in [0.15, 0.2) is 24.3 Å². The van der Waals surface area contributed by atoms with E-state index in [4.69, 9.17) is 0 Å². The van der Waals surface area contributed by atoms with Crippen molar-refractivity contribution in [3.05, 3.63) is 34.4 Å². The van der Waals surface area contributed by atoms with E-state index < -0.39 is 4.92 Å². The summed E-state index contributed by atoms with van der Waals surface area (Å²) in [7, 11) is 0. The third-order valence-corrected chi connectivity index (χ3v) is 5.26. The number of likely N-dealkylation sites (tertiary alicyclic amines) is 1. The number of carbonyl (C=O) groups is 1. The highest BCUT2D eigenvalue weighted by Gasteiger charge is 2.34. The van der Waals surface area contributed by atoms with E-state index in [0.717, 1.165) is 24.9 Å². The fourth-order valence-electron chi connectivity index (χ4n) is 4.05. The molecule has 1 unspecified atom stereocenters. The summed E-state index contributed by atoms with van der Waals surface area (Å²) in [5.41, 5.74) is 0.653. The van der Waals surface area contributed by atoms with Gasteiger partial charge in [-0.05, 0) is 37.3 Å². The summed E-state index contributed by atoms with van der Waals surface area (Å²) in [6, 6.07) is 5.99. The van der Waals surface area contributed by atoms with E-state index in [1.54, 1.807) is 12.1 Å². The van der Waals surface area contributed by atoms with Crippen molar-refractivity contribution in [1.29, 1.82) is 0 Å². The summed E-state index contributed by atoms with van der Waals surface area (Å²) in [6.45, 7) is 2.67. The number of nitro groups is 1. The molecule has 0 bridgehead atoms. The Morgan fingerprint density at radius 1 is 1.17 bits per heavy atom. The summed E-state index contributed by atoms with van der Waals surface area (Å²) in [4.78, 5) is 23.7. The minimum absolute atomic E-state index is 0.0110. The first-order valence-corrected chi connectivity index (χ1v) is 8.49. The third kappa shape index (κ3) is 4.07. The molecule has 3 atom stereocenters. The van der Waals surface area contributed by atoms with Gasteiger partial charge in [0.2, 0.25) is 0 Å². The Morgan fingerprint density at radius 3 is 2.57 bits per heavy atom. The van der Waals surface area contributed by atoms with Gasteiger partial charge < -0.3 is 10.2 Å². The Morgan fingerprint density at radius 2 is 1.87 bits per heavy atom. The summed E-state index contributed by atoms with van der Waals surface area (Å²) < 4.78 is 0. The highest BCUT2D eigenvalue weighted by molar-refractivity contribution is 5.91. The average Bonchev–Trinajstić information content (AvgIpc) is 2.55. The summed E-state index contributed by atoms with van der Waals surface area (Å²) in [5, 5.41) is 13.5. The second-order valence-electron chi connectivity index (χ2n) is 6.83. The number of benzene rings is 1. The van der Waals surface area contributed by atoms with Gasteiger partial charge in [0.1, 0.15) is 0 Å². The molecule has 1 aliphatic heterocycles. The number of piperidine rings is 1. The van der Waals surface area contributed by atoms with Crippen molar-refractivity contribution >= 4 is 17.3 Å². The van der Waals surface area contributed by atoms with Crippen LogP contribution in [-0.2, 0) is 4.79 Å². The number of fused-ring (bicyclic) bond motifs is 1. The molecule has 6 heteroatoms. The van der Waals surface area contributed by atoms with Crippen molar-refractivity contribution in [3.8, 4) is 0 Å². The molecule has 1 aromatic rings. The standard InChI is InChI=1S/C17H23N3O3/c21-17(18-15-5-7-16(8-6-15)20(22)23)12-19-10-9-13-3-1-2-4-14(13)11-19/h5-8,13-14H,1-4,9-12H2,(H,18,21)/p+1/t13-,14+/m0/s1. The number of nitrogens with zero attached hydrogens (tertiary/aromatic N) is 1. The van der Waals surface area contributed by atoms with Crippen LogP contribution in [0.25, 0.3) is 0 Å². The van der Waals surface area contributed by atoms with Crippen molar-refractivity contribution in [2.45, 2.75) is 32.1 Å². The van der Waals surface area contributed by atoms with Gasteiger partial charge in [0.25, 0.3) is 11.6 Å². The maximum atomic E-state index is 12.2. The highest BCUT2D eigenvalue weighted by atomic mass is 16.6. The number of hydrogen-bond acceptors (Lipinski definition) is 3. The molecule has 1 amide bonds. The minimum Gasteiger partial charge on any atom is -0.327 e. The monoisotopic (exact) mass is 318 g/mol. The van der Waals surface area contributed by atoms with Crippen molar-refractivity contribution < 1.29 is 14.6 Å². The van der Waals surface area contributed by atoms with E-state index in [1.165, 1.54) is 49.1 Å². The zero-order valence-electron chi connectivity index (χ0n) is 13.3. The molecular weight excluding hydrogens is 294 g/mol. The Kier molecular flexibility index (Phi) is 4.91. The van der Waals surface area contributed by atoms with Crippen molar-refractivity contribution in [3.63, 3.8) is 0 Å². The van der Waals surface area contributed by atoms with Gasteiger partial charge in [0.05, 0.1) is 18.0 Å². The molecule has 1 aliphatic carbocycles. The molecule has 23 heavy (non-hydrogen) atoms. The largest absolute Gasteiger partial charge is 0.327 e. The topological polar surface area (TPSA) is 76.7 Å². The van der Waals surface area contributed by atoms with Crippen molar-refractivity contribution in [1.82, 2.24) is 0 Å². The Hall–Kier alpha value is -1.95. The lowest BCUT2D eigenvalue weighted by Gasteiger charge is -2.38. The lowest BCUT2D eigenvalue weighted by Crippen LogP contribution is -3.15. The number of hydrogen-bond donors (Lipinski definition) is 2. The number of carbonyl (C=O) groups excluding carboxylic acids is 1. The summed E-state index contributed by atoms with van der Waals surface area (Å²) in [6.07, 6.45) is 6.64. The molecule has 2 N–H and O–H groups in total. The predicted octanol–water partition coefficient (Wildman–Crippen LogP) is 1.63. The van der Waals surface area contributed by atoms with E-state index in [0.29, 0.717) is 12.2 Å². The lowest BCUT2D eigenvalue weighted by atomic mass is 9.75. The van der Waals surface area contributed by atoms with E-state index in [1.807, 2.05) is 0 Å². The van der Waals surface area contributed by atoms with Crippen LogP contribution in [0.1, 0.15) is 32.1 Å². The van der Waals surface area contributed by atoms with Crippen LogP contribution < -0.4 is 10.2 Å². The number of rotatable bonds is 4. The molecule has 1 aromatic carbocycles. The molecule has 2 fully saturated rings. The second-order valence-corrected chi connectivity index (χ2v) is 6.83. The van der Waals surface area contributed by atoms with Gasteiger partial charge in [0.15, 0.2) is 6.54 Å². The zero-order chi connectivity index (χ0) is 16.2. The van der Waals surface area contributed by atoms with Gasteiger partial charge in [-0.25, -0.2) is 0 Å². The van der Waals surface area contributed by atoms with Crippen molar-refractivity contribution in [2.24, 2.45) is 11.8 Å². The molecule has 1 saturated carbocycles. The molecular formula is C17H24N3O3+. The highest BCUT2D eigenvalue weighted by Crippen LogP contribution is 2.32. The van der Waals surface area contributed by atoms with Crippen LogP contribution in [0.5, 0.6) is 0 Å². The molecule has 6 nitrogen and oxygen atoms in total. The fraction of sp³-hybridized carbons (Fsp3) is 0.588. The SMILES string of the molecule is O=C(C[NH+]1CC[C@@H]2CCCC[C@@H]2C1)Nc1ccc([N+](=O)[O-])cc1.